The maximum Gasteiger partial charge on any atom is 0.258 e. The number of fused-ring (bicyclic) bond motifs is 1. The Balaban J connectivity index is 1.31. The average Bonchev–Trinajstić information content (AvgIpc) is 3.31. The van der Waals surface area contributed by atoms with Gasteiger partial charge in [-0.2, -0.15) is 5.10 Å². The summed E-state index contributed by atoms with van der Waals surface area (Å²) < 4.78 is 1.51. The van der Waals surface area contributed by atoms with Gasteiger partial charge in [0.2, 0.25) is 5.91 Å². The minimum absolute atomic E-state index is 0.104. The number of benzene rings is 1. The van der Waals surface area contributed by atoms with Crippen LogP contribution in [0.2, 0.25) is 0 Å². The first-order valence-corrected chi connectivity index (χ1v) is 10.4. The second-order valence-corrected chi connectivity index (χ2v) is 7.86. The van der Waals surface area contributed by atoms with Crippen molar-refractivity contribution >= 4 is 39.7 Å². The number of rotatable bonds is 6. The molecule has 0 spiro atoms. The van der Waals surface area contributed by atoms with E-state index in [0.717, 1.165) is 11.4 Å². The Bertz CT molecular complexity index is 1180. The normalized spacial score (nSPS) is 11.0. The molecule has 0 saturated heterocycles. The van der Waals surface area contributed by atoms with Gasteiger partial charge < -0.3 is 5.32 Å². The predicted octanol–water partition coefficient (Wildman–Crippen LogP) is 2.72. The largest absolute Gasteiger partial charge is 0.325 e. The van der Waals surface area contributed by atoms with E-state index in [2.05, 4.69) is 25.5 Å². The molecule has 0 aliphatic carbocycles. The summed E-state index contributed by atoms with van der Waals surface area (Å²) >= 11 is 2.82. The summed E-state index contributed by atoms with van der Waals surface area (Å²) in [4.78, 5) is 33.5. The van der Waals surface area contributed by atoms with E-state index in [1.807, 2.05) is 36.6 Å². The van der Waals surface area contributed by atoms with Gasteiger partial charge in [-0.15, -0.1) is 23.1 Å². The van der Waals surface area contributed by atoms with Crippen molar-refractivity contribution in [2.24, 2.45) is 0 Å². The van der Waals surface area contributed by atoms with Crippen LogP contribution in [-0.4, -0.2) is 36.2 Å². The lowest BCUT2D eigenvalue weighted by molar-refractivity contribution is -0.113. The molecule has 1 aromatic carbocycles. The third kappa shape index (κ3) is 4.12. The number of amides is 1. The minimum Gasteiger partial charge on any atom is -0.325 e. The highest BCUT2D eigenvalue weighted by molar-refractivity contribution is 7.99. The molecule has 1 amide bonds. The lowest BCUT2D eigenvalue weighted by atomic mass is 10.2. The zero-order valence-corrected chi connectivity index (χ0v) is 16.5. The lowest BCUT2D eigenvalue weighted by Gasteiger charge is -2.06. The highest BCUT2D eigenvalue weighted by atomic mass is 32.2. The second-order valence-electron chi connectivity index (χ2n) is 6.00. The molecule has 4 aromatic rings. The predicted molar refractivity (Wildman–Crippen MR) is 111 cm³/mol. The Labute approximate surface area is 168 Å². The fourth-order valence-electron chi connectivity index (χ4n) is 2.58. The van der Waals surface area contributed by atoms with Crippen molar-refractivity contribution in [3.05, 3.63) is 63.8 Å². The summed E-state index contributed by atoms with van der Waals surface area (Å²) in [5, 5.41) is 11.6. The van der Waals surface area contributed by atoms with Gasteiger partial charge in [0.25, 0.3) is 5.56 Å². The maximum absolute atomic E-state index is 12.2. The zero-order chi connectivity index (χ0) is 19.5. The smallest absolute Gasteiger partial charge is 0.258 e. The fraction of sp³-hybridized carbons (Fsp3) is 0.167. The molecule has 0 atom stereocenters. The Morgan fingerprint density at radius 2 is 2.11 bits per heavy atom. The van der Waals surface area contributed by atoms with E-state index in [0.29, 0.717) is 27.9 Å². The van der Waals surface area contributed by atoms with Crippen molar-refractivity contribution in [2.45, 2.75) is 12.7 Å². The number of hydrogen-bond acceptors (Lipinski definition) is 7. The molecule has 10 heteroatoms. The van der Waals surface area contributed by atoms with Crippen molar-refractivity contribution in [1.82, 2.24) is 24.6 Å². The summed E-state index contributed by atoms with van der Waals surface area (Å²) in [5.74, 6) is 2.03. The first kappa shape index (κ1) is 18.4. The summed E-state index contributed by atoms with van der Waals surface area (Å²) in [6, 6.07) is 8.86. The molecule has 4 rings (SSSR count). The van der Waals surface area contributed by atoms with Crippen molar-refractivity contribution in [2.75, 3.05) is 11.1 Å². The Morgan fingerprint density at radius 3 is 2.86 bits per heavy atom. The topological polar surface area (TPSA) is 105 Å². The number of carbonyl (C=O) groups excluding carboxylic acids is 1. The van der Waals surface area contributed by atoms with E-state index >= 15 is 0 Å². The minimum atomic E-state index is -0.111. The van der Waals surface area contributed by atoms with Crippen LogP contribution < -0.4 is 10.9 Å². The van der Waals surface area contributed by atoms with Crippen LogP contribution in [0, 0.1) is 6.92 Å². The molecule has 0 bridgehead atoms. The maximum atomic E-state index is 12.2. The first-order chi connectivity index (χ1) is 13.6. The fourth-order valence-corrected chi connectivity index (χ4v) is 4.04. The zero-order valence-electron chi connectivity index (χ0n) is 14.9. The number of H-pyrrole nitrogens is 1. The van der Waals surface area contributed by atoms with Crippen LogP contribution in [0.1, 0.15) is 11.5 Å². The van der Waals surface area contributed by atoms with E-state index in [-0.39, 0.29) is 17.2 Å². The van der Waals surface area contributed by atoms with Crippen LogP contribution in [0.3, 0.4) is 0 Å². The monoisotopic (exact) mass is 412 g/mol. The number of nitrogens with zero attached hydrogens (tertiary/aromatic N) is 4. The third-order valence-corrected chi connectivity index (χ3v) is 5.59. The molecular formula is C18H16N6O2S2. The number of hydrogen-bond donors (Lipinski definition) is 2. The summed E-state index contributed by atoms with van der Waals surface area (Å²) in [6.45, 7) is 1.84. The van der Waals surface area contributed by atoms with E-state index in [9.17, 15) is 9.59 Å². The summed E-state index contributed by atoms with van der Waals surface area (Å²) in [7, 11) is 0. The SMILES string of the molecule is Cc1nc(-c2ccc(NC(=O)CSCc3cc(=O)n4ccsc4n3)cc2)n[nH]1. The Kier molecular flexibility index (Phi) is 5.22. The van der Waals surface area contributed by atoms with Crippen LogP contribution in [0.15, 0.2) is 46.7 Å². The molecule has 3 heterocycles. The van der Waals surface area contributed by atoms with Gasteiger partial charge in [-0.1, -0.05) is 0 Å². The molecule has 28 heavy (non-hydrogen) atoms. The number of nitrogens with one attached hydrogen (secondary N) is 2. The first-order valence-electron chi connectivity index (χ1n) is 8.41. The highest BCUT2D eigenvalue weighted by Gasteiger charge is 2.08. The van der Waals surface area contributed by atoms with Crippen molar-refractivity contribution in [3.63, 3.8) is 0 Å². The van der Waals surface area contributed by atoms with Gasteiger partial charge in [-0.25, -0.2) is 9.97 Å². The number of aromatic amines is 1. The standard InChI is InChI=1S/C18H16N6O2S2/c1-11-19-17(23-22-11)12-2-4-13(5-3-12)20-15(25)10-27-9-14-8-16(26)24-6-7-28-18(24)21-14/h2-8H,9-10H2,1H3,(H,20,25)(H,19,22,23). The molecule has 3 aromatic heterocycles. The van der Waals surface area contributed by atoms with E-state index in [1.165, 1.54) is 33.6 Å². The van der Waals surface area contributed by atoms with E-state index in [4.69, 9.17) is 0 Å². The Hall–Kier alpha value is -2.98. The van der Waals surface area contributed by atoms with E-state index < -0.39 is 0 Å². The molecule has 0 fully saturated rings. The number of thioether (sulfide) groups is 1. The molecule has 2 N–H and O–H groups in total. The van der Waals surface area contributed by atoms with Crippen molar-refractivity contribution in [3.8, 4) is 11.4 Å². The molecular weight excluding hydrogens is 396 g/mol. The van der Waals surface area contributed by atoms with Crippen LogP contribution in [-0.2, 0) is 10.5 Å². The van der Waals surface area contributed by atoms with Crippen LogP contribution >= 0.6 is 23.1 Å². The van der Waals surface area contributed by atoms with Crippen molar-refractivity contribution in [1.29, 1.82) is 0 Å². The number of aromatic nitrogens is 5. The summed E-state index contributed by atoms with van der Waals surface area (Å²) in [5.41, 5.74) is 2.15. The quantitative estimate of drug-likeness (QED) is 0.504. The molecule has 142 valence electrons. The van der Waals surface area contributed by atoms with Gasteiger partial charge in [0, 0.05) is 34.6 Å². The third-order valence-electron chi connectivity index (χ3n) is 3.86. The van der Waals surface area contributed by atoms with Gasteiger partial charge in [-0.05, 0) is 31.2 Å². The van der Waals surface area contributed by atoms with Crippen LogP contribution in [0.25, 0.3) is 16.3 Å². The van der Waals surface area contributed by atoms with Gasteiger partial charge in [-0.3, -0.25) is 19.1 Å². The number of anilines is 1. The number of carbonyl (C=O) groups is 1. The van der Waals surface area contributed by atoms with Gasteiger partial charge in [0.05, 0.1) is 11.4 Å². The molecule has 0 radical (unpaired) electrons. The second kappa shape index (κ2) is 7.95. The number of aryl methyl sites for hydroxylation is 1. The van der Waals surface area contributed by atoms with Crippen LogP contribution in [0.5, 0.6) is 0 Å². The highest BCUT2D eigenvalue weighted by Crippen LogP contribution is 2.18. The number of thiazole rings is 1. The molecule has 0 aliphatic rings. The molecule has 0 aliphatic heterocycles. The van der Waals surface area contributed by atoms with Crippen molar-refractivity contribution < 1.29 is 4.79 Å². The lowest BCUT2D eigenvalue weighted by Crippen LogP contribution is -2.15. The molecule has 0 unspecified atom stereocenters. The van der Waals surface area contributed by atoms with Crippen LogP contribution in [0.4, 0.5) is 5.69 Å². The van der Waals surface area contributed by atoms with Gasteiger partial charge in [0.1, 0.15) is 5.82 Å². The van der Waals surface area contributed by atoms with Gasteiger partial charge >= 0.3 is 0 Å². The summed E-state index contributed by atoms with van der Waals surface area (Å²) in [6.07, 6.45) is 1.70. The average molecular weight is 412 g/mol. The Morgan fingerprint density at radius 1 is 1.29 bits per heavy atom. The molecule has 8 nitrogen and oxygen atoms in total. The molecule has 0 saturated carbocycles. The van der Waals surface area contributed by atoms with Gasteiger partial charge in [0.15, 0.2) is 10.8 Å². The van der Waals surface area contributed by atoms with E-state index in [1.54, 1.807) is 6.20 Å².